The first-order valence-corrected chi connectivity index (χ1v) is 6.23. The van der Waals surface area contributed by atoms with Crippen LogP contribution in [0.5, 0.6) is 0 Å². The molecule has 1 atom stereocenters. The van der Waals surface area contributed by atoms with Crippen LogP contribution in [0.3, 0.4) is 0 Å². The van der Waals surface area contributed by atoms with Crippen molar-refractivity contribution in [1.82, 2.24) is 4.98 Å². The first-order chi connectivity index (χ1) is 9.04. The zero-order valence-electron chi connectivity index (χ0n) is 11.1. The molecule has 7 heteroatoms. The molecular weight excluding hydrogens is 248 g/mol. The maximum absolute atomic E-state index is 11.0. The molecule has 0 radical (unpaired) electrons. The number of anilines is 2. The smallest absolute Gasteiger partial charge is 0.311 e. The number of ether oxygens (including phenoxy) is 1. The van der Waals surface area contributed by atoms with Gasteiger partial charge >= 0.3 is 5.69 Å². The third kappa shape index (κ3) is 3.11. The molecule has 0 aromatic carbocycles. The third-order valence-electron chi connectivity index (χ3n) is 3.18. The van der Waals surface area contributed by atoms with Crippen molar-refractivity contribution in [1.29, 1.82) is 0 Å². The van der Waals surface area contributed by atoms with Crippen LogP contribution < -0.4 is 10.6 Å². The lowest BCUT2D eigenvalue weighted by atomic mass is 9.95. The highest BCUT2D eigenvalue weighted by atomic mass is 16.6. The molecule has 2 N–H and O–H groups in total. The fourth-order valence-corrected chi connectivity index (χ4v) is 2.15. The molecule has 1 saturated heterocycles. The van der Waals surface area contributed by atoms with Gasteiger partial charge in [0.2, 0.25) is 5.82 Å². The SMILES string of the molecule is CNc1ccc([N+](=O)[O-])c(NC2(C)CCCOC2)n1. The third-order valence-corrected chi connectivity index (χ3v) is 3.18. The molecule has 2 rings (SSSR count). The molecule has 19 heavy (non-hydrogen) atoms. The Labute approximate surface area is 111 Å². The van der Waals surface area contributed by atoms with E-state index in [1.165, 1.54) is 6.07 Å². The number of nitrogens with zero attached hydrogens (tertiary/aromatic N) is 2. The molecule has 0 spiro atoms. The molecule has 7 nitrogen and oxygen atoms in total. The molecule has 1 aliphatic heterocycles. The Hall–Kier alpha value is -1.89. The van der Waals surface area contributed by atoms with E-state index in [1.54, 1.807) is 13.1 Å². The number of hydrogen-bond donors (Lipinski definition) is 2. The van der Waals surface area contributed by atoms with Crippen LogP contribution in [0, 0.1) is 10.1 Å². The summed E-state index contributed by atoms with van der Waals surface area (Å²) in [6, 6.07) is 3.04. The number of rotatable bonds is 4. The minimum atomic E-state index is -0.429. The summed E-state index contributed by atoms with van der Waals surface area (Å²) in [5.41, 5.74) is -0.339. The number of hydrogen-bond acceptors (Lipinski definition) is 6. The van der Waals surface area contributed by atoms with Gasteiger partial charge in [0.25, 0.3) is 0 Å². The molecule has 1 unspecified atom stereocenters. The predicted molar refractivity (Wildman–Crippen MR) is 72.5 cm³/mol. The normalized spacial score (nSPS) is 22.8. The fraction of sp³-hybridized carbons (Fsp3) is 0.583. The second-order valence-electron chi connectivity index (χ2n) is 4.91. The zero-order chi connectivity index (χ0) is 13.9. The van der Waals surface area contributed by atoms with Crippen LogP contribution in [0.2, 0.25) is 0 Å². The molecule has 0 saturated carbocycles. The Morgan fingerprint density at radius 1 is 1.53 bits per heavy atom. The van der Waals surface area contributed by atoms with Gasteiger partial charge < -0.3 is 15.4 Å². The predicted octanol–water partition coefficient (Wildman–Crippen LogP) is 2.01. The van der Waals surface area contributed by atoms with Crippen molar-refractivity contribution < 1.29 is 9.66 Å². The average molecular weight is 266 g/mol. The van der Waals surface area contributed by atoms with E-state index < -0.39 is 4.92 Å². The van der Waals surface area contributed by atoms with Crippen LogP contribution in [0.15, 0.2) is 12.1 Å². The van der Waals surface area contributed by atoms with Crippen LogP contribution in [0.25, 0.3) is 0 Å². The Morgan fingerprint density at radius 2 is 2.32 bits per heavy atom. The Morgan fingerprint density at radius 3 is 2.89 bits per heavy atom. The minimum absolute atomic E-state index is 0.0224. The largest absolute Gasteiger partial charge is 0.379 e. The van der Waals surface area contributed by atoms with E-state index in [0.29, 0.717) is 12.4 Å². The molecule has 1 aromatic heterocycles. The summed E-state index contributed by atoms with van der Waals surface area (Å²) in [7, 11) is 1.73. The van der Waals surface area contributed by atoms with Crippen LogP contribution in [-0.4, -0.2) is 35.7 Å². The van der Waals surface area contributed by atoms with Gasteiger partial charge in [-0.2, -0.15) is 0 Å². The Bertz CT molecular complexity index is 472. The average Bonchev–Trinajstić information content (AvgIpc) is 2.38. The van der Waals surface area contributed by atoms with Crippen LogP contribution in [0.1, 0.15) is 19.8 Å². The zero-order valence-corrected chi connectivity index (χ0v) is 11.1. The van der Waals surface area contributed by atoms with E-state index in [2.05, 4.69) is 15.6 Å². The topological polar surface area (TPSA) is 89.3 Å². The summed E-state index contributed by atoms with van der Waals surface area (Å²) in [5, 5.41) is 17.1. The molecule has 1 aromatic rings. The number of aromatic nitrogens is 1. The van der Waals surface area contributed by atoms with Crippen molar-refractivity contribution in [2.45, 2.75) is 25.3 Å². The highest BCUT2D eigenvalue weighted by Gasteiger charge is 2.30. The highest BCUT2D eigenvalue weighted by Crippen LogP contribution is 2.29. The van der Waals surface area contributed by atoms with Crippen molar-refractivity contribution in [3.05, 3.63) is 22.2 Å². The molecule has 0 aliphatic carbocycles. The maximum atomic E-state index is 11.0. The van der Waals surface area contributed by atoms with Gasteiger partial charge in [0.05, 0.1) is 17.1 Å². The van der Waals surface area contributed by atoms with E-state index in [1.807, 2.05) is 6.92 Å². The second-order valence-corrected chi connectivity index (χ2v) is 4.91. The number of pyridine rings is 1. The molecule has 104 valence electrons. The van der Waals surface area contributed by atoms with E-state index in [4.69, 9.17) is 4.74 Å². The van der Waals surface area contributed by atoms with Crippen molar-refractivity contribution >= 4 is 17.3 Å². The lowest BCUT2D eigenvalue weighted by molar-refractivity contribution is -0.384. The van der Waals surface area contributed by atoms with E-state index >= 15 is 0 Å². The highest BCUT2D eigenvalue weighted by molar-refractivity contribution is 5.61. The quantitative estimate of drug-likeness (QED) is 0.640. The summed E-state index contributed by atoms with van der Waals surface area (Å²) in [4.78, 5) is 14.8. The molecule has 1 aliphatic rings. The van der Waals surface area contributed by atoms with Gasteiger partial charge in [-0.05, 0) is 25.8 Å². The fourth-order valence-electron chi connectivity index (χ4n) is 2.15. The van der Waals surface area contributed by atoms with Crippen LogP contribution in [-0.2, 0) is 4.74 Å². The summed E-state index contributed by atoms with van der Waals surface area (Å²) in [6.45, 7) is 3.25. The Balaban J connectivity index is 2.28. The first-order valence-electron chi connectivity index (χ1n) is 6.23. The molecule has 0 amide bonds. The lowest BCUT2D eigenvalue weighted by Crippen LogP contribution is -2.43. The van der Waals surface area contributed by atoms with Gasteiger partial charge in [0.1, 0.15) is 5.82 Å². The standard InChI is InChI=1S/C12H18N4O3/c1-12(6-3-7-19-8-12)15-11-9(16(17)18)4-5-10(13-2)14-11/h4-5H,3,6-8H2,1-2H3,(H2,13,14,15). The van der Waals surface area contributed by atoms with Gasteiger partial charge in [-0.25, -0.2) is 4.98 Å². The minimum Gasteiger partial charge on any atom is -0.379 e. The van der Waals surface area contributed by atoms with Gasteiger partial charge in [-0.3, -0.25) is 10.1 Å². The van der Waals surface area contributed by atoms with Crippen molar-refractivity contribution in [2.24, 2.45) is 0 Å². The van der Waals surface area contributed by atoms with Crippen molar-refractivity contribution in [2.75, 3.05) is 30.9 Å². The first kappa shape index (κ1) is 13.5. The van der Waals surface area contributed by atoms with E-state index in [0.717, 1.165) is 19.4 Å². The van der Waals surface area contributed by atoms with Gasteiger partial charge in [0.15, 0.2) is 0 Å². The molecular formula is C12H18N4O3. The Kier molecular flexibility index (Phi) is 3.84. The van der Waals surface area contributed by atoms with E-state index in [-0.39, 0.29) is 17.0 Å². The van der Waals surface area contributed by atoms with Crippen LogP contribution in [0.4, 0.5) is 17.3 Å². The lowest BCUT2D eigenvalue weighted by Gasteiger charge is -2.34. The van der Waals surface area contributed by atoms with Crippen molar-refractivity contribution in [3.63, 3.8) is 0 Å². The molecule has 1 fully saturated rings. The van der Waals surface area contributed by atoms with Gasteiger partial charge in [0, 0.05) is 19.7 Å². The second kappa shape index (κ2) is 5.40. The summed E-state index contributed by atoms with van der Waals surface area (Å²) in [5.74, 6) is 0.873. The number of nitro groups is 1. The summed E-state index contributed by atoms with van der Waals surface area (Å²) in [6.07, 6.45) is 1.83. The van der Waals surface area contributed by atoms with Gasteiger partial charge in [-0.15, -0.1) is 0 Å². The van der Waals surface area contributed by atoms with Crippen molar-refractivity contribution in [3.8, 4) is 0 Å². The monoisotopic (exact) mass is 266 g/mol. The summed E-state index contributed by atoms with van der Waals surface area (Å²) < 4.78 is 5.44. The van der Waals surface area contributed by atoms with Crippen LogP contribution >= 0.6 is 0 Å². The van der Waals surface area contributed by atoms with Gasteiger partial charge in [-0.1, -0.05) is 0 Å². The number of nitrogens with one attached hydrogen (secondary N) is 2. The molecule has 0 bridgehead atoms. The maximum Gasteiger partial charge on any atom is 0.311 e. The summed E-state index contributed by atoms with van der Waals surface area (Å²) >= 11 is 0. The molecule has 2 heterocycles. The van der Waals surface area contributed by atoms with E-state index in [9.17, 15) is 10.1 Å².